The van der Waals surface area contributed by atoms with Gasteiger partial charge in [0.1, 0.15) is 0 Å². The van der Waals surface area contributed by atoms with E-state index in [9.17, 15) is 20.2 Å². The van der Waals surface area contributed by atoms with Gasteiger partial charge >= 0.3 is 39.3 Å². The molecule has 0 saturated carbocycles. The van der Waals surface area contributed by atoms with Gasteiger partial charge in [-0.05, 0) is 89.4 Å². The maximum atomic E-state index is 11.2. The second-order valence-electron chi connectivity index (χ2n) is 9.74. The number of aryl methyl sites for hydroxylation is 4. The molecular weight excluding hydrogens is 683 g/mol. The van der Waals surface area contributed by atoms with Gasteiger partial charge in [-0.3, -0.25) is 30.2 Å². The van der Waals surface area contributed by atoms with Gasteiger partial charge in [0.2, 0.25) is 0 Å². The van der Waals surface area contributed by atoms with E-state index in [4.69, 9.17) is 14.4 Å². The van der Waals surface area contributed by atoms with Crippen LogP contribution in [0.25, 0.3) is 0 Å². The van der Waals surface area contributed by atoms with Crippen LogP contribution in [-0.4, -0.2) is 36.2 Å². The minimum absolute atomic E-state index is 0.0334. The van der Waals surface area contributed by atoms with Crippen molar-refractivity contribution >= 4 is 70.9 Å². The molecule has 13 heteroatoms. The molecule has 0 aliphatic carbocycles. The van der Waals surface area contributed by atoms with Crippen molar-refractivity contribution in [1.29, 1.82) is 0 Å². The zero-order chi connectivity index (χ0) is 29.2. The topological polar surface area (TPSA) is 120 Å². The van der Waals surface area contributed by atoms with E-state index in [0.717, 1.165) is 12.1 Å². The Labute approximate surface area is 245 Å². The standard InChI is InChI=1S/C25H34N4O5Si.2BrH.Ni/c1-16-12-21(28(30)31)13-17(2)24(16)26-20(5)23(10-9-11-34-35(6,7)8)27-25-18(3)14-22(29(32)33)15-19(25)4;;;/h12-15H,9-11H2,1-8H3;2*1H;/q;;;+2/p-2. The Hall–Kier alpha value is -1.79. The van der Waals surface area contributed by atoms with Crippen molar-refractivity contribution in [1.82, 2.24) is 0 Å². The Morgan fingerprint density at radius 2 is 1.24 bits per heavy atom. The number of hydrogen-bond donors (Lipinski definition) is 0. The number of non-ortho nitro benzene ring substituents is 2. The monoisotopic (exact) mass is 714 g/mol. The molecule has 2 rings (SSSR count). The maximum absolute atomic E-state index is 11.2. The van der Waals surface area contributed by atoms with E-state index in [0.29, 0.717) is 52.4 Å². The number of nitrogens with zero attached hydrogens (tertiary/aromatic N) is 4. The van der Waals surface area contributed by atoms with E-state index in [1.807, 2.05) is 20.8 Å². The predicted molar refractivity (Wildman–Crippen MR) is 161 cm³/mol. The Morgan fingerprint density at radius 1 is 0.868 bits per heavy atom. The number of aliphatic imine (C=N–C) groups is 2. The molecule has 0 amide bonds. The Bertz CT molecular complexity index is 1190. The molecule has 0 saturated heterocycles. The quantitative estimate of drug-likeness (QED) is 0.0800. The third-order valence-electron chi connectivity index (χ3n) is 5.41. The second-order valence-corrected chi connectivity index (χ2v) is 19.2. The van der Waals surface area contributed by atoms with Gasteiger partial charge < -0.3 is 4.43 Å². The van der Waals surface area contributed by atoms with Crippen molar-refractivity contribution in [2.24, 2.45) is 9.98 Å². The zero-order valence-electron chi connectivity index (χ0n) is 22.8. The summed E-state index contributed by atoms with van der Waals surface area (Å²) in [7, 11) is -0.395. The number of rotatable bonds is 10. The van der Waals surface area contributed by atoms with Crippen LogP contribution in [0.5, 0.6) is 0 Å². The summed E-state index contributed by atoms with van der Waals surface area (Å²) in [6.07, 6.45) is 1.36. The Kier molecular flexibility index (Phi) is 14.2. The van der Waals surface area contributed by atoms with Crippen LogP contribution in [0.1, 0.15) is 42.0 Å². The van der Waals surface area contributed by atoms with Crippen LogP contribution >= 0.6 is 28.5 Å². The fourth-order valence-electron chi connectivity index (χ4n) is 3.73. The first-order chi connectivity index (χ1) is 17.6. The molecule has 0 fully saturated rings. The van der Waals surface area contributed by atoms with Crippen molar-refractivity contribution in [2.75, 3.05) is 6.61 Å². The minimum atomic E-state index is -1.65. The summed E-state index contributed by atoms with van der Waals surface area (Å²) < 4.78 is 6.00. The van der Waals surface area contributed by atoms with E-state index in [1.54, 1.807) is 13.8 Å². The molecule has 9 nitrogen and oxygen atoms in total. The van der Waals surface area contributed by atoms with E-state index >= 15 is 0 Å². The molecule has 0 aliphatic rings. The third kappa shape index (κ3) is 11.1. The molecule has 0 aliphatic heterocycles. The van der Waals surface area contributed by atoms with Gasteiger partial charge in [0.25, 0.3) is 11.4 Å². The fourth-order valence-corrected chi connectivity index (χ4v) is 4.49. The average molecular weight is 717 g/mol. The SMILES string of the molecule is CC(=Nc1c(C)cc([N+](=O)[O-])cc1C)C(CCCO[Si](C)(C)C)=Nc1c(C)cc([N+](=O)[O-])cc1C.[Br][Ni][Br]. The van der Waals surface area contributed by atoms with Crippen LogP contribution in [0.4, 0.5) is 22.7 Å². The van der Waals surface area contributed by atoms with Crippen LogP contribution in [0, 0.1) is 47.9 Å². The molecule has 0 aromatic heterocycles. The molecule has 212 valence electrons. The van der Waals surface area contributed by atoms with E-state index in [2.05, 4.69) is 48.1 Å². The molecule has 0 bridgehead atoms. The predicted octanol–water partition coefficient (Wildman–Crippen LogP) is 8.92. The second kappa shape index (κ2) is 15.7. The summed E-state index contributed by atoms with van der Waals surface area (Å²) in [5, 5.41) is 22.4. The summed E-state index contributed by atoms with van der Waals surface area (Å²) in [5.41, 5.74) is 5.71. The van der Waals surface area contributed by atoms with Gasteiger partial charge in [0, 0.05) is 30.9 Å². The molecule has 0 N–H and O–H groups in total. The molecule has 0 radical (unpaired) electrons. The van der Waals surface area contributed by atoms with Crippen molar-refractivity contribution in [3.8, 4) is 0 Å². The number of benzene rings is 2. The summed E-state index contributed by atoms with van der Waals surface area (Å²) in [4.78, 5) is 31.3. The van der Waals surface area contributed by atoms with Crippen LogP contribution in [0.3, 0.4) is 0 Å². The molecular formula is C25H34Br2N4NiO5Si. The van der Waals surface area contributed by atoms with Gasteiger partial charge in [-0.25, -0.2) is 0 Å². The van der Waals surface area contributed by atoms with Gasteiger partial charge in [0.05, 0.1) is 32.6 Å². The summed E-state index contributed by atoms with van der Waals surface area (Å²) >= 11 is 6.00. The molecule has 38 heavy (non-hydrogen) atoms. The number of nitro benzene ring substituents is 2. The summed E-state index contributed by atoms with van der Waals surface area (Å²) in [6, 6.07) is 6.08. The molecule has 0 spiro atoms. The van der Waals surface area contributed by atoms with Gasteiger partial charge in [-0.1, -0.05) is 0 Å². The van der Waals surface area contributed by atoms with E-state index in [1.165, 1.54) is 35.2 Å². The van der Waals surface area contributed by atoms with Crippen LogP contribution in [0.15, 0.2) is 34.3 Å². The van der Waals surface area contributed by atoms with Crippen molar-refractivity contribution in [3.63, 3.8) is 0 Å². The molecule has 0 unspecified atom stereocenters. The first kappa shape index (κ1) is 34.2. The molecule has 0 atom stereocenters. The number of nitro groups is 2. The molecule has 2 aromatic carbocycles. The molecule has 2 aromatic rings. The Morgan fingerprint density at radius 3 is 1.58 bits per heavy atom. The van der Waals surface area contributed by atoms with Crippen LogP contribution in [0.2, 0.25) is 19.6 Å². The van der Waals surface area contributed by atoms with Gasteiger partial charge in [-0.2, -0.15) is 0 Å². The van der Waals surface area contributed by atoms with Crippen molar-refractivity contribution < 1.29 is 25.2 Å². The number of hydrogen-bond acceptors (Lipinski definition) is 7. The van der Waals surface area contributed by atoms with Crippen molar-refractivity contribution in [3.05, 3.63) is 66.7 Å². The third-order valence-corrected chi connectivity index (χ3v) is 6.48. The number of halogens is 2. The van der Waals surface area contributed by atoms with Crippen molar-refractivity contribution in [2.45, 2.75) is 67.1 Å². The molecule has 0 heterocycles. The van der Waals surface area contributed by atoms with Crippen LogP contribution < -0.4 is 0 Å². The van der Waals surface area contributed by atoms with Crippen LogP contribution in [-0.2, 0) is 15.3 Å². The van der Waals surface area contributed by atoms with Gasteiger partial charge in [-0.15, -0.1) is 0 Å². The van der Waals surface area contributed by atoms with Gasteiger partial charge in [0.15, 0.2) is 8.32 Å². The van der Waals surface area contributed by atoms with E-state index in [-0.39, 0.29) is 11.4 Å². The first-order valence-electron chi connectivity index (χ1n) is 11.7. The first-order valence-corrected chi connectivity index (χ1v) is 20.0. The normalized spacial score (nSPS) is 12.3. The fraction of sp³-hybridized carbons (Fsp3) is 0.440. The Balaban J connectivity index is 0.00000229. The summed E-state index contributed by atoms with van der Waals surface area (Å²) in [6.45, 7) is 16.1. The van der Waals surface area contributed by atoms with E-state index < -0.39 is 18.2 Å². The summed E-state index contributed by atoms with van der Waals surface area (Å²) in [5.74, 6) is 0. The average Bonchev–Trinajstić information content (AvgIpc) is 2.79. The zero-order valence-corrected chi connectivity index (χ0v) is 28.0.